The van der Waals surface area contributed by atoms with E-state index in [2.05, 4.69) is 16.8 Å². The van der Waals surface area contributed by atoms with Crippen molar-refractivity contribution in [1.82, 2.24) is 4.98 Å². The van der Waals surface area contributed by atoms with Crippen molar-refractivity contribution in [2.24, 2.45) is 5.73 Å². The molecule has 0 bridgehead atoms. The van der Waals surface area contributed by atoms with Gasteiger partial charge in [0.25, 0.3) is 0 Å². The Kier molecular flexibility index (Phi) is 4.34. The fraction of sp³-hybridized carbons (Fsp3) is 0.133. The summed E-state index contributed by atoms with van der Waals surface area (Å²) in [5.74, 6) is 6.57. The molecule has 1 aromatic heterocycles. The first-order chi connectivity index (χ1) is 8.90. The molecule has 0 radical (unpaired) electrons. The van der Waals surface area contributed by atoms with Gasteiger partial charge >= 0.3 is 0 Å². The van der Waals surface area contributed by atoms with E-state index in [1.807, 2.05) is 42.5 Å². The minimum absolute atomic E-state index is 0.342. The van der Waals surface area contributed by atoms with Crippen molar-refractivity contribution in [3.63, 3.8) is 0 Å². The maximum absolute atomic E-state index is 5.71. The minimum Gasteiger partial charge on any atom is -0.486 e. The molecular formula is C15H14N2O. The Morgan fingerprint density at radius 2 is 1.94 bits per heavy atom. The van der Waals surface area contributed by atoms with Gasteiger partial charge in [0.1, 0.15) is 12.4 Å². The van der Waals surface area contributed by atoms with Gasteiger partial charge in [-0.1, -0.05) is 30.0 Å². The standard InChI is InChI=1S/C15H14N2O/c16-10-5-7-13-6-1-2-9-15(13)18-12-14-8-3-4-11-17-14/h1-4,6,8-9,11H,10,12,16H2. The van der Waals surface area contributed by atoms with E-state index in [4.69, 9.17) is 10.5 Å². The average Bonchev–Trinajstić information content (AvgIpc) is 2.45. The summed E-state index contributed by atoms with van der Waals surface area (Å²) in [7, 11) is 0. The SMILES string of the molecule is NCC#Cc1ccccc1OCc1ccccn1. The van der Waals surface area contributed by atoms with Crippen LogP contribution in [0.25, 0.3) is 0 Å². The van der Waals surface area contributed by atoms with Crippen molar-refractivity contribution in [3.05, 3.63) is 59.9 Å². The Balaban J connectivity index is 2.09. The van der Waals surface area contributed by atoms with Crippen LogP contribution in [0.3, 0.4) is 0 Å². The van der Waals surface area contributed by atoms with Crippen LogP contribution in [0, 0.1) is 11.8 Å². The van der Waals surface area contributed by atoms with Crippen molar-refractivity contribution in [3.8, 4) is 17.6 Å². The van der Waals surface area contributed by atoms with Gasteiger partial charge in [0.15, 0.2) is 0 Å². The predicted octanol–water partition coefficient (Wildman–Crippen LogP) is 1.97. The Morgan fingerprint density at radius 1 is 1.11 bits per heavy atom. The van der Waals surface area contributed by atoms with Crippen molar-refractivity contribution in [2.75, 3.05) is 6.54 Å². The number of ether oxygens (including phenoxy) is 1. The molecule has 0 spiro atoms. The number of pyridine rings is 1. The summed E-state index contributed by atoms with van der Waals surface area (Å²) in [6.45, 7) is 0.775. The second-order valence-electron chi connectivity index (χ2n) is 3.61. The van der Waals surface area contributed by atoms with E-state index >= 15 is 0 Å². The fourth-order valence-electron chi connectivity index (χ4n) is 1.48. The molecule has 3 heteroatoms. The topological polar surface area (TPSA) is 48.1 Å². The van der Waals surface area contributed by atoms with Crippen molar-refractivity contribution < 1.29 is 4.74 Å². The monoisotopic (exact) mass is 238 g/mol. The Bertz CT molecular complexity index is 555. The molecule has 2 N–H and O–H groups in total. The molecular weight excluding hydrogens is 224 g/mol. The van der Waals surface area contributed by atoms with E-state index in [-0.39, 0.29) is 0 Å². The number of nitrogens with two attached hydrogens (primary N) is 1. The van der Waals surface area contributed by atoms with Crippen LogP contribution in [0.2, 0.25) is 0 Å². The van der Waals surface area contributed by atoms with Crippen molar-refractivity contribution >= 4 is 0 Å². The molecule has 0 aliphatic carbocycles. The molecule has 0 aliphatic rings. The highest BCUT2D eigenvalue weighted by atomic mass is 16.5. The van der Waals surface area contributed by atoms with Crippen molar-refractivity contribution in [2.45, 2.75) is 6.61 Å². The van der Waals surface area contributed by atoms with Crippen LogP contribution in [0.15, 0.2) is 48.7 Å². The van der Waals surface area contributed by atoms with E-state index in [0.29, 0.717) is 13.2 Å². The van der Waals surface area contributed by atoms with E-state index in [1.165, 1.54) is 0 Å². The van der Waals surface area contributed by atoms with Crippen LogP contribution in [-0.4, -0.2) is 11.5 Å². The van der Waals surface area contributed by atoms with Gasteiger partial charge in [-0.05, 0) is 24.3 Å². The van der Waals surface area contributed by atoms with E-state index in [1.54, 1.807) is 6.20 Å². The van der Waals surface area contributed by atoms with Gasteiger partial charge in [-0.2, -0.15) is 0 Å². The van der Waals surface area contributed by atoms with Gasteiger partial charge in [-0.25, -0.2) is 0 Å². The minimum atomic E-state index is 0.342. The smallest absolute Gasteiger partial charge is 0.135 e. The highest BCUT2D eigenvalue weighted by molar-refractivity contribution is 5.46. The molecule has 18 heavy (non-hydrogen) atoms. The summed E-state index contributed by atoms with van der Waals surface area (Å²) in [6, 6.07) is 13.4. The molecule has 2 aromatic rings. The second kappa shape index (κ2) is 6.43. The van der Waals surface area contributed by atoms with Crippen LogP contribution in [0.1, 0.15) is 11.3 Å². The first kappa shape index (κ1) is 12.2. The van der Waals surface area contributed by atoms with Gasteiger partial charge < -0.3 is 10.5 Å². The van der Waals surface area contributed by atoms with Crippen LogP contribution >= 0.6 is 0 Å². The lowest BCUT2D eigenvalue weighted by atomic mass is 10.2. The molecule has 0 saturated carbocycles. The Labute approximate surface area is 107 Å². The first-order valence-corrected chi connectivity index (χ1v) is 5.71. The number of para-hydroxylation sites is 1. The zero-order valence-corrected chi connectivity index (χ0v) is 9.97. The molecule has 0 aliphatic heterocycles. The molecule has 1 heterocycles. The third-order valence-corrected chi connectivity index (χ3v) is 2.31. The normalized spacial score (nSPS) is 9.39. The number of hydrogen-bond acceptors (Lipinski definition) is 3. The molecule has 90 valence electrons. The zero-order valence-electron chi connectivity index (χ0n) is 9.97. The number of aromatic nitrogens is 1. The fourth-order valence-corrected chi connectivity index (χ4v) is 1.48. The molecule has 0 fully saturated rings. The summed E-state index contributed by atoms with van der Waals surface area (Å²) in [4.78, 5) is 4.20. The third-order valence-electron chi connectivity index (χ3n) is 2.31. The molecule has 1 aromatic carbocycles. The zero-order chi connectivity index (χ0) is 12.6. The van der Waals surface area contributed by atoms with E-state index in [0.717, 1.165) is 17.0 Å². The van der Waals surface area contributed by atoms with Crippen LogP contribution < -0.4 is 10.5 Å². The summed E-state index contributed by atoms with van der Waals surface area (Å²) < 4.78 is 5.71. The number of hydrogen-bond donors (Lipinski definition) is 1. The number of benzene rings is 1. The largest absolute Gasteiger partial charge is 0.486 e. The summed E-state index contributed by atoms with van der Waals surface area (Å²) >= 11 is 0. The van der Waals surface area contributed by atoms with E-state index in [9.17, 15) is 0 Å². The van der Waals surface area contributed by atoms with Crippen LogP contribution in [0.5, 0.6) is 5.75 Å². The summed E-state index contributed by atoms with van der Waals surface area (Å²) in [6.07, 6.45) is 1.75. The maximum Gasteiger partial charge on any atom is 0.135 e. The van der Waals surface area contributed by atoms with Gasteiger partial charge in [0.2, 0.25) is 0 Å². The molecule has 0 saturated heterocycles. The van der Waals surface area contributed by atoms with Crippen molar-refractivity contribution in [1.29, 1.82) is 0 Å². The quantitative estimate of drug-likeness (QED) is 0.832. The van der Waals surface area contributed by atoms with Gasteiger partial charge in [-0.15, -0.1) is 0 Å². The molecule has 3 nitrogen and oxygen atoms in total. The van der Waals surface area contributed by atoms with Crippen LogP contribution in [0.4, 0.5) is 0 Å². The molecule has 2 rings (SSSR count). The first-order valence-electron chi connectivity index (χ1n) is 5.71. The van der Waals surface area contributed by atoms with E-state index < -0.39 is 0 Å². The van der Waals surface area contributed by atoms with Gasteiger partial charge in [-0.3, -0.25) is 4.98 Å². The van der Waals surface area contributed by atoms with Gasteiger partial charge in [0, 0.05) is 6.20 Å². The third kappa shape index (κ3) is 3.34. The predicted molar refractivity (Wildman–Crippen MR) is 70.9 cm³/mol. The molecule has 0 atom stereocenters. The van der Waals surface area contributed by atoms with Gasteiger partial charge in [0.05, 0.1) is 17.8 Å². The number of nitrogens with zero attached hydrogens (tertiary/aromatic N) is 1. The lowest BCUT2D eigenvalue weighted by molar-refractivity contribution is 0.300. The average molecular weight is 238 g/mol. The summed E-state index contributed by atoms with van der Waals surface area (Å²) in [5, 5.41) is 0. The highest BCUT2D eigenvalue weighted by Crippen LogP contribution is 2.17. The number of rotatable bonds is 3. The maximum atomic E-state index is 5.71. The highest BCUT2D eigenvalue weighted by Gasteiger charge is 2.00. The Hall–Kier alpha value is -2.31. The Morgan fingerprint density at radius 3 is 2.72 bits per heavy atom. The lowest BCUT2D eigenvalue weighted by Gasteiger charge is -2.07. The summed E-state index contributed by atoms with van der Waals surface area (Å²) in [5.41, 5.74) is 7.10. The van der Waals surface area contributed by atoms with Crippen LogP contribution in [-0.2, 0) is 6.61 Å². The molecule has 0 unspecified atom stereocenters. The lowest BCUT2D eigenvalue weighted by Crippen LogP contribution is -1.99. The molecule has 0 amide bonds. The second-order valence-corrected chi connectivity index (χ2v) is 3.61.